The Bertz CT molecular complexity index is 379. The second-order valence-corrected chi connectivity index (χ2v) is 10.6. The molecule has 198 valence electrons. The Labute approximate surface area is 209 Å². The summed E-state index contributed by atoms with van der Waals surface area (Å²) in [7, 11) is 0. The average molecular weight is 467 g/mol. The van der Waals surface area contributed by atoms with Crippen molar-refractivity contribution in [3.63, 3.8) is 0 Å². The van der Waals surface area contributed by atoms with E-state index >= 15 is 0 Å². The van der Waals surface area contributed by atoms with Gasteiger partial charge in [0.15, 0.2) is 0 Å². The average Bonchev–Trinajstić information content (AvgIpc) is 2.80. The summed E-state index contributed by atoms with van der Waals surface area (Å²) in [5, 5.41) is 0. The van der Waals surface area contributed by atoms with E-state index < -0.39 is 0 Å². The zero-order valence-electron chi connectivity index (χ0n) is 23.3. The van der Waals surface area contributed by atoms with Crippen LogP contribution >= 0.6 is 0 Å². The van der Waals surface area contributed by atoms with Crippen LogP contribution < -0.4 is 0 Å². The Balaban J connectivity index is 3.20. The fraction of sp³-hybridized carbons (Fsp3) is 0.968. The molecule has 0 aromatic heterocycles. The molecule has 0 rings (SSSR count). The smallest absolute Gasteiger partial charge is 0.306 e. The normalized spacial score (nSPS) is 12.2. The summed E-state index contributed by atoms with van der Waals surface area (Å²) < 4.78 is 5.55. The molecule has 0 fully saturated rings. The van der Waals surface area contributed by atoms with E-state index in [0.717, 1.165) is 12.8 Å². The fourth-order valence-corrected chi connectivity index (χ4v) is 4.73. The van der Waals surface area contributed by atoms with Crippen LogP contribution in [0.5, 0.6) is 0 Å². The van der Waals surface area contributed by atoms with Crippen molar-refractivity contribution < 1.29 is 9.53 Å². The van der Waals surface area contributed by atoms with Crippen LogP contribution in [0.15, 0.2) is 0 Å². The number of carbonyl (C=O) groups is 1. The first-order valence-electron chi connectivity index (χ1n) is 15.4. The van der Waals surface area contributed by atoms with Crippen LogP contribution in [0, 0.1) is 0 Å². The van der Waals surface area contributed by atoms with Gasteiger partial charge in [-0.25, -0.2) is 0 Å². The molecule has 2 heteroatoms. The highest BCUT2D eigenvalue weighted by Crippen LogP contribution is 2.15. The van der Waals surface area contributed by atoms with Gasteiger partial charge in [0.25, 0.3) is 0 Å². The highest BCUT2D eigenvalue weighted by Gasteiger charge is 2.09. The van der Waals surface area contributed by atoms with Gasteiger partial charge in [0.2, 0.25) is 0 Å². The summed E-state index contributed by atoms with van der Waals surface area (Å²) in [6, 6.07) is 0. The van der Waals surface area contributed by atoms with Gasteiger partial charge >= 0.3 is 5.97 Å². The summed E-state index contributed by atoms with van der Waals surface area (Å²) >= 11 is 0. The van der Waals surface area contributed by atoms with Gasteiger partial charge in [-0.3, -0.25) is 4.79 Å². The number of carbonyl (C=O) groups excluding carboxylic acids is 1. The lowest BCUT2D eigenvalue weighted by molar-refractivity contribution is -0.148. The molecule has 0 aromatic rings. The van der Waals surface area contributed by atoms with Gasteiger partial charge in [0.1, 0.15) is 0 Å². The molecular formula is C31H62O2. The number of hydrogen-bond acceptors (Lipinski definition) is 2. The van der Waals surface area contributed by atoms with Crippen LogP contribution in [0.4, 0.5) is 0 Å². The van der Waals surface area contributed by atoms with E-state index in [-0.39, 0.29) is 12.1 Å². The van der Waals surface area contributed by atoms with Crippen molar-refractivity contribution in [1.82, 2.24) is 0 Å². The summed E-state index contributed by atoms with van der Waals surface area (Å²) in [5.41, 5.74) is 0. The molecule has 0 aliphatic heterocycles. The maximum absolute atomic E-state index is 11.9. The molecule has 0 saturated carbocycles. The van der Waals surface area contributed by atoms with Gasteiger partial charge in [-0.1, -0.05) is 155 Å². The predicted octanol–water partition coefficient (Wildman–Crippen LogP) is 11.1. The maximum Gasteiger partial charge on any atom is 0.306 e. The zero-order chi connectivity index (χ0) is 24.2. The van der Waals surface area contributed by atoms with E-state index in [1.807, 2.05) is 6.92 Å². The standard InChI is InChI=1S/C31H62O2/c1-4-6-8-10-11-12-13-14-15-16-17-18-19-20-21-22-23-25-27-29-31(32)33-30(3)28-26-24-9-7-5-2/h30H,4-29H2,1-3H3. The number of unbranched alkanes of at least 4 members (excludes halogenated alkanes) is 22. The lowest BCUT2D eigenvalue weighted by Crippen LogP contribution is -2.14. The van der Waals surface area contributed by atoms with Crippen LogP contribution in [-0.2, 0) is 9.53 Å². The topological polar surface area (TPSA) is 26.3 Å². The van der Waals surface area contributed by atoms with Gasteiger partial charge in [-0.2, -0.15) is 0 Å². The van der Waals surface area contributed by atoms with Crippen LogP contribution in [0.1, 0.15) is 188 Å². The highest BCUT2D eigenvalue weighted by atomic mass is 16.5. The molecule has 0 amide bonds. The Morgan fingerprint density at radius 1 is 0.485 bits per heavy atom. The summed E-state index contributed by atoms with van der Waals surface area (Å²) in [4.78, 5) is 11.9. The van der Waals surface area contributed by atoms with Gasteiger partial charge in [-0.05, 0) is 26.2 Å². The molecule has 0 radical (unpaired) electrons. The Kier molecular flexibility index (Phi) is 27.3. The Morgan fingerprint density at radius 2 is 0.788 bits per heavy atom. The fourth-order valence-electron chi connectivity index (χ4n) is 4.73. The summed E-state index contributed by atoms with van der Waals surface area (Å²) in [6.45, 7) is 6.58. The van der Waals surface area contributed by atoms with Crippen LogP contribution in [0.25, 0.3) is 0 Å². The van der Waals surface area contributed by atoms with Crippen molar-refractivity contribution in [1.29, 1.82) is 0 Å². The van der Waals surface area contributed by atoms with Crippen molar-refractivity contribution in [2.75, 3.05) is 0 Å². The highest BCUT2D eigenvalue weighted by molar-refractivity contribution is 5.69. The zero-order valence-corrected chi connectivity index (χ0v) is 23.3. The van der Waals surface area contributed by atoms with E-state index in [2.05, 4.69) is 13.8 Å². The van der Waals surface area contributed by atoms with Crippen molar-refractivity contribution >= 4 is 5.97 Å². The van der Waals surface area contributed by atoms with Crippen molar-refractivity contribution in [2.24, 2.45) is 0 Å². The van der Waals surface area contributed by atoms with Gasteiger partial charge < -0.3 is 4.74 Å². The van der Waals surface area contributed by atoms with Crippen molar-refractivity contribution in [3.05, 3.63) is 0 Å². The van der Waals surface area contributed by atoms with Crippen molar-refractivity contribution in [3.8, 4) is 0 Å². The number of ether oxygens (including phenoxy) is 1. The molecule has 33 heavy (non-hydrogen) atoms. The monoisotopic (exact) mass is 466 g/mol. The van der Waals surface area contributed by atoms with Gasteiger partial charge in [0, 0.05) is 6.42 Å². The van der Waals surface area contributed by atoms with Crippen LogP contribution in [0.2, 0.25) is 0 Å². The van der Waals surface area contributed by atoms with E-state index in [1.54, 1.807) is 0 Å². The van der Waals surface area contributed by atoms with E-state index in [1.165, 1.54) is 148 Å². The number of hydrogen-bond donors (Lipinski definition) is 0. The second-order valence-electron chi connectivity index (χ2n) is 10.6. The first kappa shape index (κ1) is 32.5. The molecule has 0 heterocycles. The molecule has 1 unspecified atom stereocenters. The summed E-state index contributed by atoms with van der Waals surface area (Å²) in [6.07, 6.45) is 34.4. The lowest BCUT2D eigenvalue weighted by atomic mass is 10.0. The van der Waals surface area contributed by atoms with Gasteiger partial charge in [-0.15, -0.1) is 0 Å². The number of esters is 1. The lowest BCUT2D eigenvalue weighted by Gasteiger charge is -2.13. The van der Waals surface area contributed by atoms with E-state index in [0.29, 0.717) is 6.42 Å². The molecule has 0 saturated heterocycles. The molecule has 0 bridgehead atoms. The first-order chi connectivity index (χ1) is 16.2. The minimum atomic E-state index is 0.0167. The molecule has 1 atom stereocenters. The second kappa shape index (κ2) is 27.7. The molecule has 0 aliphatic carbocycles. The van der Waals surface area contributed by atoms with Crippen LogP contribution in [-0.4, -0.2) is 12.1 Å². The quantitative estimate of drug-likeness (QED) is 0.0888. The SMILES string of the molecule is CCCCCCCCCCCCCCCCCCCCCC(=O)OC(C)CCCCCCC. The number of rotatable bonds is 27. The minimum absolute atomic E-state index is 0.0167. The van der Waals surface area contributed by atoms with Gasteiger partial charge in [0.05, 0.1) is 6.10 Å². The molecule has 2 nitrogen and oxygen atoms in total. The first-order valence-corrected chi connectivity index (χ1v) is 15.4. The Hall–Kier alpha value is -0.530. The minimum Gasteiger partial charge on any atom is -0.463 e. The third-order valence-corrected chi connectivity index (χ3v) is 7.03. The molecule has 0 aliphatic rings. The Morgan fingerprint density at radius 3 is 1.15 bits per heavy atom. The van der Waals surface area contributed by atoms with Crippen LogP contribution in [0.3, 0.4) is 0 Å². The predicted molar refractivity (Wildman–Crippen MR) is 147 cm³/mol. The third kappa shape index (κ3) is 27.6. The van der Waals surface area contributed by atoms with E-state index in [4.69, 9.17) is 4.74 Å². The molecular weight excluding hydrogens is 404 g/mol. The largest absolute Gasteiger partial charge is 0.463 e. The third-order valence-electron chi connectivity index (χ3n) is 7.03. The molecule has 0 spiro atoms. The maximum atomic E-state index is 11.9. The summed E-state index contributed by atoms with van der Waals surface area (Å²) in [5.74, 6) is 0.0167. The molecule has 0 aromatic carbocycles. The molecule has 0 N–H and O–H groups in total. The van der Waals surface area contributed by atoms with E-state index in [9.17, 15) is 4.79 Å². The van der Waals surface area contributed by atoms with Crippen molar-refractivity contribution in [2.45, 2.75) is 194 Å².